The van der Waals surface area contributed by atoms with E-state index in [4.69, 9.17) is 0 Å². The molecule has 1 atom stereocenters. The summed E-state index contributed by atoms with van der Waals surface area (Å²) in [4.78, 5) is 11.5. The van der Waals surface area contributed by atoms with Gasteiger partial charge in [-0.1, -0.05) is 0 Å². The lowest BCUT2D eigenvalue weighted by atomic mass is 10.2. The van der Waals surface area contributed by atoms with Crippen LogP contribution in [-0.4, -0.2) is 37.1 Å². The van der Waals surface area contributed by atoms with Crippen LogP contribution in [0.15, 0.2) is 27.6 Å². The summed E-state index contributed by atoms with van der Waals surface area (Å²) in [5.74, 6) is 0.474. The second kappa shape index (κ2) is 5.54. The summed E-state index contributed by atoms with van der Waals surface area (Å²) < 4.78 is 25.0. The second-order valence-electron chi connectivity index (χ2n) is 4.43. The van der Waals surface area contributed by atoms with Crippen LogP contribution in [0.5, 0.6) is 0 Å². The first kappa shape index (κ1) is 13.8. The van der Waals surface area contributed by atoms with Gasteiger partial charge in [-0.2, -0.15) is 0 Å². The zero-order chi connectivity index (χ0) is 13.2. The first-order valence-corrected chi connectivity index (χ1v) is 8.37. The van der Waals surface area contributed by atoms with Crippen LogP contribution in [-0.2, 0) is 16.4 Å². The quantitative estimate of drug-likeness (QED) is 0.864. The van der Waals surface area contributed by atoms with Gasteiger partial charge in [0, 0.05) is 35.9 Å². The molecule has 1 unspecified atom stereocenters. The molecule has 100 valence electrons. The highest BCUT2D eigenvalue weighted by molar-refractivity contribution is 9.10. The average Bonchev–Trinajstić information content (AvgIpc) is 2.63. The van der Waals surface area contributed by atoms with Crippen LogP contribution in [0.4, 0.5) is 0 Å². The van der Waals surface area contributed by atoms with Gasteiger partial charge in [0.05, 0.1) is 11.5 Å². The fourth-order valence-electron chi connectivity index (χ4n) is 2.02. The lowest BCUT2D eigenvalue weighted by Crippen LogP contribution is -2.34. The predicted molar refractivity (Wildman–Crippen MR) is 73.5 cm³/mol. The third-order valence-corrected chi connectivity index (χ3v) is 5.20. The summed E-state index contributed by atoms with van der Waals surface area (Å²) in [6.07, 6.45) is 2.39. The lowest BCUT2D eigenvalue weighted by molar-refractivity contribution is 0.514. The number of nitrogens with zero attached hydrogens (tertiary/aromatic N) is 1. The van der Waals surface area contributed by atoms with Crippen molar-refractivity contribution in [2.24, 2.45) is 0 Å². The van der Waals surface area contributed by atoms with Gasteiger partial charge in [0.1, 0.15) is 0 Å². The van der Waals surface area contributed by atoms with E-state index in [1.165, 1.54) is 6.07 Å². The molecule has 1 N–H and O–H groups in total. The molecule has 0 spiro atoms. The Kier molecular flexibility index (Phi) is 4.24. The monoisotopic (exact) mass is 334 g/mol. The smallest absolute Gasteiger partial charge is 0.250 e. The Balaban J connectivity index is 1.86. The van der Waals surface area contributed by atoms with Crippen LogP contribution in [0.2, 0.25) is 0 Å². The lowest BCUT2D eigenvalue weighted by Gasteiger charge is -2.11. The summed E-state index contributed by atoms with van der Waals surface area (Å²) in [5, 5.41) is 3.18. The van der Waals surface area contributed by atoms with E-state index in [0.717, 1.165) is 4.47 Å². The highest BCUT2D eigenvalue weighted by Crippen LogP contribution is 2.11. The standard InChI is InChI=1S/C11H15BrN2O3S/c12-9-1-2-11(15)14(7-9)5-4-13-10-3-6-18(16,17)8-10/h1-2,7,10,13H,3-6,8H2. The molecule has 2 rings (SSSR count). The van der Waals surface area contributed by atoms with E-state index >= 15 is 0 Å². The molecular weight excluding hydrogens is 320 g/mol. The van der Waals surface area contributed by atoms with Gasteiger partial charge in [-0.25, -0.2) is 8.42 Å². The molecule has 1 saturated heterocycles. The molecule has 5 nitrogen and oxygen atoms in total. The maximum atomic E-state index is 11.5. The molecule has 1 aromatic heterocycles. The van der Waals surface area contributed by atoms with Crippen molar-refractivity contribution in [2.75, 3.05) is 18.1 Å². The summed E-state index contributed by atoms with van der Waals surface area (Å²) in [7, 11) is -2.84. The van der Waals surface area contributed by atoms with Crippen molar-refractivity contribution in [1.29, 1.82) is 0 Å². The van der Waals surface area contributed by atoms with E-state index < -0.39 is 9.84 Å². The van der Waals surface area contributed by atoms with E-state index in [-0.39, 0.29) is 23.1 Å². The maximum absolute atomic E-state index is 11.5. The zero-order valence-corrected chi connectivity index (χ0v) is 12.2. The molecule has 0 radical (unpaired) electrons. The van der Waals surface area contributed by atoms with Gasteiger partial charge in [-0.3, -0.25) is 4.79 Å². The van der Waals surface area contributed by atoms with Crippen molar-refractivity contribution >= 4 is 25.8 Å². The molecule has 1 aliphatic rings. The summed E-state index contributed by atoms with van der Waals surface area (Å²) in [6, 6.07) is 3.23. The number of halogens is 1. The molecule has 2 heterocycles. The van der Waals surface area contributed by atoms with Gasteiger partial charge in [-0.15, -0.1) is 0 Å². The largest absolute Gasteiger partial charge is 0.313 e. The molecule has 7 heteroatoms. The molecular formula is C11H15BrN2O3S. The topological polar surface area (TPSA) is 68.2 Å². The van der Waals surface area contributed by atoms with Gasteiger partial charge >= 0.3 is 0 Å². The van der Waals surface area contributed by atoms with Gasteiger partial charge in [0.15, 0.2) is 9.84 Å². The third-order valence-electron chi connectivity index (χ3n) is 2.97. The van der Waals surface area contributed by atoms with Crippen molar-refractivity contribution in [1.82, 2.24) is 9.88 Å². The van der Waals surface area contributed by atoms with E-state index in [1.807, 2.05) is 0 Å². The van der Waals surface area contributed by atoms with Gasteiger partial charge in [0.2, 0.25) is 0 Å². The van der Waals surface area contributed by atoms with Crippen molar-refractivity contribution in [2.45, 2.75) is 19.0 Å². The van der Waals surface area contributed by atoms with Crippen LogP contribution >= 0.6 is 15.9 Å². The first-order chi connectivity index (χ1) is 8.46. The highest BCUT2D eigenvalue weighted by atomic mass is 79.9. The van der Waals surface area contributed by atoms with Crippen molar-refractivity contribution in [3.8, 4) is 0 Å². The molecule has 1 aromatic rings. The van der Waals surface area contributed by atoms with Crippen molar-refractivity contribution in [3.05, 3.63) is 33.2 Å². The SMILES string of the molecule is O=c1ccc(Br)cn1CCNC1CCS(=O)(=O)C1. The Bertz CT molecular complexity index is 582. The van der Waals surface area contributed by atoms with Gasteiger partial charge < -0.3 is 9.88 Å². The predicted octanol–water partition coefficient (Wildman–Crippen LogP) is 0.388. The minimum Gasteiger partial charge on any atom is -0.313 e. The Morgan fingerprint density at radius 1 is 1.44 bits per heavy atom. The average molecular weight is 335 g/mol. The number of aromatic nitrogens is 1. The molecule has 0 saturated carbocycles. The fraction of sp³-hybridized carbons (Fsp3) is 0.545. The highest BCUT2D eigenvalue weighted by Gasteiger charge is 2.26. The molecule has 18 heavy (non-hydrogen) atoms. The molecule has 0 bridgehead atoms. The summed E-state index contributed by atoms with van der Waals surface area (Å²) >= 11 is 3.31. The van der Waals surface area contributed by atoms with Gasteiger partial charge in [0.25, 0.3) is 5.56 Å². The number of sulfone groups is 1. The maximum Gasteiger partial charge on any atom is 0.250 e. The zero-order valence-electron chi connectivity index (χ0n) is 9.80. The van der Waals surface area contributed by atoms with Crippen LogP contribution < -0.4 is 10.9 Å². The third kappa shape index (κ3) is 3.66. The molecule has 0 aromatic carbocycles. The van der Waals surface area contributed by atoms with Crippen molar-refractivity contribution < 1.29 is 8.42 Å². The van der Waals surface area contributed by atoms with E-state index in [0.29, 0.717) is 19.5 Å². The second-order valence-corrected chi connectivity index (χ2v) is 7.58. The minimum absolute atomic E-state index is 0.0258. The number of rotatable bonds is 4. The normalized spacial score (nSPS) is 22.2. The van der Waals surface area contributed by atoms with E-state index in [2.05, 4.69) is 21.2 Å². The Labute approximate surface area is 114 Å². The number of pyridine rings is 1. The molecule has 0 amide bonds. The molecule has 1 aliphatic heterocycles. The Morgan fingerprint density at radius 3 is 2.89 bits per heavy atom. The van der Waals surface area contributed by atoms with Crippen LogP contribution in [0, 0.1) is 0 Å². The van der Waals surface area contributed by atoms with Crippen LogP contribution in [0.3, 0.4) is 0 Å². The van der Waals surface area contributed by atoms with Crippen molar-refractivity contribution in [3.63, 3.8) is 0 Å². The van der Waals surface area contributed by atoms with E-state index in [1.54, 1.807) is 16.8 Å². The molecule has 0 aliphatic carbocycles. The Hall–Kier alpha value is -0.660. The summed E-state index contributed by atoms with van der Waals surface area (Å²) in [6.45, 7) is 1.13. The number of hydrogen-bond acceptors (Lipinski definition) is 4. The van der Waals surface area contributed by atoms with Crippen LogP contribution in [0.25, 0.3) is 0 Å². The molecule has 1 fully saturated rings. The van der Waals surface area contributed by atoms with Crippen LogP contribution in [0.1, 0.15) is 6.42 Å². The van der Waals surface area contributed by atoms with E-state index in [9.17, 15) is 13.2 Å². The van der Waals surface area contributed by atoms with Gasteiger partial charge in [-0.05, 0) is 28.4 Å². The first-order valence-electron chi connectivity index (χ1n) is 5.76. The minimum atomic E-state index is -2.84. The Morgan fingerprint density at radius 2 is 2.22 bits per heavy atom. The number of hydrogen-bond donors (Lipinski definition) is 1. The summed E-state index contributed by atoms with van der Waals surface area (Å²) in [5.41, 5.74) is -0.0564. The fourth-order valence-corrected chi connectivity index (χ4v) is 4.11. The number of nitrogens with one attached hydrogen (secondary N) is 1.